The summed E-state index contributed by atoms with van der Waals surface area (Å²) >= 11 is 0. The zero-order chi connectivity index (χ0) is 24.9. The number of rotatable bonds is 9. The number of nitrogens with one attached hydrogen (secondary N) is 1. The summed E-state index contributed by atoms with van der Waals surface area (Å²) in [7, 11) is -3.95. The Morgan fingerprint density at radius 3 is 2.15 bits per heavy atom. The Hall–Kier alpha value is -3.32. The molecule has 0 bridgehead atoms. The Balaban J connectivity index is 1.82. The van der Waals surface area contributed by atoms with Gasteiger partial charge in [0.05, 0.1) is 16.7 Å². The van der Waals surface area contributed by atoms with Crippen LogP contribution in [0.4, 0.5) is 5.69 Å². The number of hydrogen-bond donors (Lipinski definition) is 1. The molecule has 6 nitrogen and oxygen atoms in total. The Labute approximate surface area is 202 Å². The van der Waals surface area contributed by atoms with Crippen molar-refractivity contribution >= 4 is 21.6 Å². The lowest BCUT2D eigenvalue weighted by molar-refractivity contribution is -0.119. The van der Waals surface area contributed by atoms with Crippen LogP contribution < -0.4 is 14.4 Å². The van der Waals surface area contributed by atoms with Crippen molar-refractivity contribution in [3.8, 4) is 5.75 Å². The number of benzene rings is 3. The van der Waals surface area contributed by atoms with Gasteiger partial charge < -0.3 is 10.1 Å². The van der Waals surface area contributed by atoms with E-state index in [-0.39, 0.29) is 30.0 Å². The fourth-order valence-electron chi connectivity index (χ4n) is 3.47. The highest BCUT2D eigenvalue weighted by Gasteiger charge is 2.28. The van der Waals surface area contributed by atoms with E-state index >= 15 is 0 Å². The molecule has 7 heteroatoms. The van der Waals surface area contributed by atoms with Crippen LogP contribution in [0.3, 0.4) is 0 Å². The lowest BCUT2D eigenvalue weighted by Crippen LogP contribution is -2.41. The first-order valence-electron chi connectivity index (χ1n) is 11.2. The summed E-state index contributed by atoms with van der Waals surface area (Å²) in [4.78, 5) is 13.0. The highest BCUT2D eigenvalue weighted by atomic mass is 32.2. The van der Waals surface area contributed by atoms with Crippen molar-refractivity contribution in [2.75, 3.05) is 10.8 Å². The normalized spacial score (nSPS) is 11.4. The molecule has 0 aliphatic rings. The van der Waals surface area contributed by atoms with Crippen LogP contribution in [0.5, 0.6) is 5.75 Å². The number of ether oxygens (including phenoxy) is 1. The van der Waals surface area contributed by atoms with Gasteiger partial charge in [-0.05, 0) is 81.6 Å². The van der Waals surface area contributed by atoms with Crippen LogP contribution in [0, 0.1) is 20.8 Å². The zero-order valence-electron chi connectivity index (χ0n) is 20.3. The second kappa shape index (κ2) is 10.7. The minimum Gasteiger partial charge on any atom is -0.491 e. The summed E-state index contributed by atoms with van der Waals surface area (Å²) in [5, 5.41) is 2.84. The third-order valence-corrected chi connectivity index (χ3v) is 7.09. The maximum atomic E-state index is 13.6. The fourth-order valence-corrected chi connectivity index (χ4v) is 4.95. The number of hydrogen-bond acceptors (Lipinski definition) is 4. The standard InChI is InChI=1S/C27H32N2O4S/c1-19(2)33-24-12-10-23(11-13-24)17-28-27(30)18-29(26-16-21(4)6-9-22(26)5)34(31,32)25-14-7-20(3)8-15-25/h6-16,19H,17-18H2,1-5H3,(H,28,30). The monoisotopic (exact) mass is 480 g/mol. The summed E-state index contributed by atoms with van der Waals surface area (Å²) in [5.74, 6) is 0.370. The highest BCUT2D eigenvalue weighted by molar-refractivity contribution is 7.92. The van der Waals surface area contributed by atoms with Gasteiger partial charge in [-0.1, -0.05) is 42.0 Å². The van der Waals surface area contributed by atoms with Gasteiger partial charge >= 0.3 is 0 Å². The SMILES string of the molecule is Cc1ccc(S(=O)(=O)N(CC(=O)NCc2ccc(OC(C)C)cc2)c2cc(C)ccc2C)cc1. The van der Waals surface area contributed by atoms with E-state index in [4.69, 9.17) is 4.74 Å². The molecule has 3 aromatic rings. The molecule has 0 aliphatic carbocycles. The van der Waals surface area contributed by atoms with Crippen molar-refractivity contribution in [3.05, 3.63) is 89.0 Å². The molecule has 0 saturated carbocycles. The average Bonchev–Trinajstić information content (AvgIpc) is 2.78. The predicted molar refractivity (Wildman–Crippen MR) is 136 cm³/mol. The Bertz CT molecular complexity index is 1230. The van der Waals surface area contributed by atoms with Gasteiger partial charge in [0.2, 0.25) is 5.91 Å². The number of anilines is 1. The van der Waals surface area contributed by atoms with E-state index in [1.807, 2.05) is 71.0 Å². The molecule has 0 unspecified atom stereocenters. The van der Waals surface area contributed by atoms with E-state index in [1.54, 1.807) is 30.3 Å². The lowest BCUT2D eigenvalue weighted by Gasteiger charge is -2.26. The molecule has 0 heterocycles. The molecule has 34 heavy (non-hydrogen) atoms. The van der Waals surface area contributed by atoms with Crippen molar-refractivity contribution < 1.29 is 17.9 Å². The second-order valence-corrected chi connectivity index (χ2v) is 10.6. The summed E-state index contributed by atoms with van der Waals surface area (Å²) in [6, 6.07) is 19.7. The van der Waals surface area contributed by atoms with Gasteiger partial charge in [0.25, 0.3) is 10.0 Å². The largest absolute Gasteiger partial charge is 0.491 e. The van der Waals surface area contributed by atoms with Gasteiger partial charge in [0.15, 0.2) is 0 Å². The minimum atomic E-state index is -3.95. The maximum Gasteiger partial charge on any atom is 0.264 e. The van der Waals surface area contributed by atoms with Crippen molar-refractivity contribution in [2.45, 2.75) is 52.2 Å². The van der Waals surface area contributed by atoms with Gasteiger partial charge in [-0.2, -0.15) is 0 Å². The smallest absolute Gasteiger partial charge is 0.264 e. The first kappa shape index (κ1) is 25.3. The van der Waals surface area contributed by atoms with Crippen LogP contribution >= 0.6 is 0 Å². The molecule has 0 aliphatic heterocycles. The molecule has 0 saturated heterocycles. The van der Waals surface area contributed by atoms with E-state index < -0.39 is 10.0 Å². The average molecular weight is 481 g/mol. The molecule has 0 spiro atoms. The topological polar surface area (TPSA) is 75.7 Å². The molecule has 1 N–H and O–H groups in total. The Morgan fingerprint density at radius 1 is 0.912 bits per heavy atom. The van der Waals surface area contributed by atoms with Crippen molar-refractivity contribution in [3.63, 3.8) is 0 Å². The quantitative estimate of drug-likeness (QED) is 0.472. The number of sulfonamides is 1. The lowest BCUT2D eigenvalue weighted by atomic mass is 10.1. The summed E-state index contributed by atoms with van der Waals surface area (Å²) < 4.78 is 34.0. The predicted octanol–water partition coefficient (Wildman–Crippen LogP) is 4.91. The maximum absolute atomic E-state index is 13.6. The zero-order valence-corrected chi connectivity index (χ0v) is 21.1. The van der Waals surface area contributed by atoms with Gasteiger partial charge in [-0.25, -0.2) is 8.42 Å². The molecule has 0 atom stereocenters. The Kier molecular flexibility index (Phi) is 7.99. The summed E-state index contributed by atoms with van der Waals surface area (Å²) in [6.07, 6.45) is 0.0806. The minimum absolute atomic E-state index is 0.0806. The number of nitrogens with zero attached hydrogens (tertiary/aromatic N) is 1. The van der Waals surface area contributed by atoms with E-state index in [9.17, 15) is 13.2 Å². The molecule has 1 amide bonds. The van der Waals surface area contributed by atoms with Crippen LogP contribution in [-0.2, 0) is 21.4 Å². The number of amides is 1. The van der Waals surface area contributed by atoms with Gasteiger partial charge in [0.1, 0.15) is 12.3 Å². The molecule has 0 aromatic heterocycles. The molecule has 3 aromatic carbocycles. The van der Waals surface area contributed by atoms with E-state index in [1.165, 1.54) is 4.31 Å². The molecule has 0 radical (unpaired) electrons. The molecule has 0 fully saturated rings. The van der Waals surface area contributed by atoms with Gasteiger partial charge in [-0.15, -0.1) is 0 Å². The second-order valence-electron chi connectivity index (χ2n) is 8.70. The third kappa shape index (κ3) is 6.38. The summed E-state index contributed by atoms with van der Waals surface area (Å²) in [5.41, 5.74) is 4.03. The summed E-state index contributed by atoms with van der Waals surface area (Å²) in [6.45, 7) is 9.51. The van der Waals surface area contributed by atoms with Crippen molar-refractivity contribution in [1.82, 2.24) is 5.32 Å². The van der Waals surface area contributed by atoms with Crippen LogP contribution in [0.15, 0.2) is 71.6 Å². The van der Waals surface area contributed by atoms with E-state index in [2.05, 4.69) is 5.32 Å². The molecular weight excluding hydrogens is 448 g/mol. The van der Waals surface area contributed by atoms with Crippen LogP contribution in [0.1, 0.15) is 36.1 Å². The van der Waals surface area contributed by atoms with Crippen LogP contribution in [-0.4, -0.2) is 27.0 Å². The number of aryl methyl sites for hydroxylation is 3. The molecular formula is C27H32N2O4S. The van der Waals surface area contributed by atoms with Crippen LogP contribution in [0.2, 0.25) is 0 Å². The van der Waals surface area contributed by atoms with E-state index in [0.29, 0.717) is 5.69 Å². The first-order chi connectivity index (χ1) is 16.1. The molecule has 180 valence electrons. The number of carbonyl (C=O) groups excluding carboxylic acids is 1. The van der Waals surface area contributed by atoms with Gasteiger partial charge in [-0.3, -0.25) is 9.10 Å². The highest BCUT2D eigenvalue weighted by Crippen LogP contribution is 2.28. The first-order valence-corrected chi connectivity index (χ1v) is 12.7. The fraction of sp³-hybridized carbons (Fsp3) is 0.296. The van der Waals surface area contributed by atoms with Crippen molar-refractivity contribution in [2.24, 2.45) is 0 Å². The Morgan fingerprint density at radius 2 is 1.53 bits per heavy atom. The molecule has 3 rings (SSSR count). The number of carbonyl (C=O) groups is 1. The van der Waals surface area contributed by atoms with E-state index in [0.717, 1.165) is 28.0 Å². The van der Waals surface area contributed by atoms with Gasteiger partial charge in [0, 0.05) is 6.54 Å². The van der Waals surface area contributed by atoms with Crippen LogP contribution in [0.25, 0.3) is 0 Å². The third-order valence-electron chi connectivity index (χ3n) is 5.31. The van der Waals surface area contributed by atoms with Crippen molar-refractivity contribution in [1.29, 1.82) is 0 Å².